The van der Waals surface area contributed by atoms with E-state index in [1.54, 1.807) is 7.11 Å². The monoisotopic (exact) mass is 219 g/mol. The van der Waals surface area contributed by atoms with E-state index >= 15 is 0 Å². The SMILES string of the molecule is C=CCNC1(c2ccc(OC)cc2)COC1. The highest BCUT2D eigenvalue weighted by molar-refractivity contribution is 5.33. The molecule has 86 valence electrons. The molecule has 1 heterocycles. The van der Waals surface area contributed by atoms with E-state index in [1.807, 2.05) is 18.2 Å². The van der Waals surface area contributed by atoms with Gasteiger partial charge in [0.25, 0.3) is 0 Å². The van der Waals surface area contributed by atoms with Crippen LogP contribution in [0.4, 0.5) is 0 Å². The summed E-state index contributed by atoms with van der Waals surface area (Å²) in [5, 5.41) is 3.45. The maximum Gasteiger partial charge on any atom is 0.118 e. The Bertz CT molecular complexity index is 355. The van der Waals surface area contributed by atoms with Crippen LogP contribution in [0.3, 0.4) is 0 Å². The van der Waals surface area contributed by atoms with Crippen LogP contribution in [0.1, 0.15) is 5.56 Å². The van der Waals surface area contributed by atoms with Crippen LogP contribution in [-0.4, -0.2) is 26.9 Å². The molecule has 0 saturated carbocycles. The molecule has 1 saturated heterocycles. The zero-order valence-electron chi connectivity index (χ0n) is 9.53. The summed E-state index contributed by atoms with van der Waals surface area (Å²) >= 11 is 0. The molecule has 0 aliphatic carbocycles. The Morgan fingerprint density at radius 2 is 2.12 bits per heavy atom. The van der Waals surface area contributed by atoms with Crippen molar-refractivity contribution in [2.24, 2.45) is 0 Å². The number of methoxy groups -OCH3 is 1. The molecule has 0 radical (unpaired) electrons. The first-order chi connectivity index (χ1) is 7.80. The second-order valence-corrected chi connectivity index (χ2v) is 3.97. The maximum atomic E-state index is 5.32. The van der Waals surface area contributed by atoms with Crippen LogP contribution in [0.15, 0.2) is 36.9 Å². The van der Waals surface area contributed by atoms with Crippen LogP contribution in [-0.2, 0) is 10.3 Å². The van der Waals surface area contributed by atoms with E-state index in [9.17, 15) is 0 Å². The summed E-state index contributed by atoms with van der Waals surface area (Å²) in [5.41, 5.74) is 1.20. The van der Waals surface area contributed by atoms with Crippen molar-refractivity contribution in [2.45, 2.75) is 5.54 Å². The van der Waals surface area contributed by atoms with Gasteiger partial charge in [-0.25, -0.2) is 0 Å². The molecular weight excluding hydrogens is 202 g/mol. The minimum absolute atomic E-state index is 0.0412. The van der Waals surface area contributed by atoms with Crippen LogP contribution < -0.4 is 10.1 Å². The average Bonchev–Trinajstić information content (AvgIpc) is 2.29. The van der Waals surface area contributed by atoms with Crippen molar-refractivity contribution in [2.75, 3.05) is 26.9 Å². The van der Waals surface area contributed by atoms with Gasteiger partial charge in [-0.2, -0.15) is 0 Å². The van der Waals surface area contributed by atoms with Crippen molar-refractivity contribution >= 4 is 0 Å². The van der Waals surface area contributed by atoms with Gasteiger partial charge in [0.15, 0.2) is 0 Å². The molecule has 0 spiro atoms. The van der Waals surface area contributed by atoms with Gasteiger partial charge in [-0.1, -0.05) is 18.2 Å². The van der Waals surface area contributed by atoms with Crippen LogP contribution in [0.5, 0.6) is 5.75 Å². The number of hydrogen-bond donors (Lipinski definition) is 1. The quantitative estimate of drug-likeness (QED) is 0.764. The first kappa shape index (κ1) is 11.2. The molecule has 1 aliphatic heterocycles. The zero-order valence-corrected chi connectivity index (χ0v) is 9.53. The van der Waals surface area contributed by atoms with Crippen molar-refractivity contribution in [1.29, 1.82) is 0 Å². The lowest BCUT2D eigenvalue weighted by atomic mass is 9.88. The summed E-state index contributed by atoms with van der Waals surface area (Å²) < 4.78 is 10.5. The third-order valence-corrected chi connectivity index (χ3v) is 2.92. The molecule has 1 aromatic rings. The Hall–Kier alpha value is -1.32. The maximum absolute atomic E-state index is 5.32. The van der Waals surface area contributed by atoms with Crippen LogP contribution in [0.2, 0.25) is 0 Å². The summed E-state index contributed by atoms with van der Waals surface area (Å²) in [7, 11) is 1.67. The lowest BCUT2D eigenvalue weighted by Crippen LogP contribution is -2.57. The van der Waals surface area contributed by atoms with Gasteiger partial charge >= 0.3 is 0 Å². The largest absolute Gasteiger partial charge is 0.497 e. The van der Waals surface area contributed by atoms with Crippen molar-refractivity contribution in [1.82, 2.24) is 5.32 Å². The predicted octanol–water partition coefficient (Wildman–Crippen LogP) is 1.70. The van der Waals surface area contributed by atoms with Crippen molar-refractivity contribution in [3.05, 3.63) is 42.5 Å². The average molecular weight is 219 g/mol. The summed E-state index contributed by atoms with van der Waals surface area (Å²) in [5.74, 6) is 0.878. The lowest BCUT2D eigenvalue weighted by molar-refractivity contribution is -0.0768. The number of hydrogen-bond acceptors (Lipinski definition) is 3. The third-order valence-electron chi connectivity index (χ3n) is 2.92. The van der Waals surface area contributed by atoms with Crippen molar-refractivity contribution in [3.63, 3.8) is 0 Å². The first-order valence-corrected chi connectivity index (χ1v) is 5.39. The van der Waals surface area contributed by atoms with Gasteiger partial charge in [0.2, 0.25) is 0 Å². The molecule has 1 N–H and O–H groups in total. The Labute approximate surface area is 96.1 Å². The molecule has 16 heavy (non-hydrogen) atoms. The van der Waals surface area contributed by atoms with Crippen LogP contribution >= 0.6 is 0 Å². The number of benzene rings is 1. The van der Waals surface area contributed by atoms with E-state index in [0.717, 1.165) is 12.3 Å². The summed E-state index contributed by atoms with van der Waals surface area (Å²) in [6, 6.07) is 8.12. The standard InChI is InChI=1S/C13H17NO2/c1-3-8-14-13(9-16-10-13)11-4-6-12(15-2)7-5-11/h3-7,14H,1,8-10H2,2H3. The normalized spacial score (nSPS) is 17.6. The van der Waals surface area contributed by atoms with E-state index in [2.05, 4.69) is 24.0 Å². The molecule has 1 fully saturated rings. The Morgan fingerprint density at radius 3 is 2.56 bits per heavy atom. The molecular formula is C13H17NO2. The van der Waals surface area contributed by atoms with Gasteiger partial charge in [0, 0.05) is 6.54 Å². The fourth-order valence-electron chi connectivity index (χ4n) is 1.85. The molecule has 0 aromatic heterocycles. The van der Waals surface area contributed by atoms with Crippen LogP contribution in [0, 0.1) is 0 Å². The van der Waals surface area contributed by atoms with Gasteiger partial charge in [-0.15, -0.1) is 6.58 Å². The van der Waals surface area contributed by atoms with Gasteiger partial charge in [0.05, 0.1) is 25.9 Å². The van der Waals surface area contributed by atoms with Gasteiger partial charge in [-0.05, 0) is 17.7 Å². The fourth-order valence-corrected chi connectivity index (χ4v) is 1.85. The second kappa shape index (κ2) is 4.68. The summed E-state index contributed by atoms with van der Waals surface area (Å²) in [6.07, 6.45) is 1.86. The van der Waals surface area contributed by atoms with E-state index in [4.69, 9.17) is 9.47 Å². The van der Waals surface area contributed by atoms with E-state index < -0.39 is 0 Å². The van der Waals surface area contributed by atoms with E-state index in [1.165, 1.54) is 5.56 Å². The minimum atomic E-state index is -0.0412. The number of rotatable bonds is 5. The molecule has 1 aromatic carbocycles. The minimum Gasteiger partial charge on any atom is -0.497 e. The Balaban J connectivity index is 2.16. The molecule has 2 rings (SSSR count). The second-order valence-electron chi connectivity index (χ2n) is 3.97. The highest BCUT2D eigenvalue weighted by Crippen LogP contribution is 2.30. The van der Waals surface area contributed by atoms with Crippen molar-refractivity contribution in [3.8, 4) is 5.75 Å². The van der Waals surface area contributed by atoms with Gasteiger partial charge < -0.3 is 14.8 Å². The molecule has 0 unspecified atom stereocenters. The zero-order chi connectivity index (χ0) is 11.4. The Kier molecular flexibility index (Phi) is 3.27. The summed E-state index contributed by atoms with van der Waals surface area (Å²) in [4.78, 5) is 0. The fraction of sp³-hybridized carbons (Fsp3) is 0.385. The predicted molar refractivity (Wildman–Crippen MR) is 63.7 cm³/mol. The number of nitrogens with one attached hydrogen (secondary N) is 1. The Morgan fingerprint density at radius 1 is 1.44 bits per heavy atom. The number of ether oxygens (including phenoxy) is 2. The topological polar surface area (TPSA) is 30.5 Å². The molecule has 3 nitrogen and oxygen atoms in total. The van der Waals surface area contributed by atoms with E-state index in [-0.39, 0.29) is 5.54 Å². The van der Waals surface area contributed by atoms with Gasteiger partial charge in [0.1, 0.15) is 5.75 Å². The molecule has 0 amide bonds. The third kappa shape index (κ3) is 1.96. The smallest absolute Gasteiger partial charge is 0.118 e. The molecule has 0 bridgehead atoms. The molecule has 3 heteroatoms. The van der Waals surface area contributed by atoms with E-state index in [0.29, 0.717) is 13.2 Å². The van der Waals surface area contributed by atoms with Crippen LogP contribution in [0.25, 0.3) is 0 Å². The lowest BCUT2D eigenvalue weighted by Gasteiger charge is -2.42. The highest BCUT2D eigenvalue weighted by Gasteiger charge is 2.39. The first-order valence-electron chi connectivity index (χ1n) is 5.39. The van der Waals surface area contributed by atoms with Gasteiger partial charge in [-0.3, -0.25) is 0 Å². The summed E-state index contributed by atoms with van der Waals surface area (Å²) in [6.45, 7) is 5.94. The molecule has 0 atom stereocenters. The highest BCUT2D eigenvalue weighted by atomic mass is 16.5. The van der Waals surface area contributed by atoms with Crippen molar-refractivity contribution < 1.29 is 9.47 Å². The molecule has 1 aliphatic rings.